The van der Waals surface area contributed by atoms with Gasteiger partial charge in [-0.25, -0.2) is 0 Å². The molecule has 1 N–H and O–H groups in total. The van der Waals surface area contributed by atoms with Gasteiger partial charge in [-0.3, -0.25) is 4.79 Å². The third-order valence-corrected chi connectivity index (χ3v) is 3.77. The van der Waals surface area contributed by atoms with Crippen LogP contribution in [0.3, 0.4) is 0 Å². The van der Waals surface area contributed by atoms with Crippen LogP contribution >= 0.6 is 35.6 Å². The molecule has 0 aliphatic carbocycles. The van der Waals surface area contributed by atoms with Crippen LogP contribution in [-0.2, 0) is 4.79 Å². The van der Waals surface area contributed by atoms with E-state index >= 15 is 0 Å². The van der Waals surface area contributed by atoms with Crippen LogP contribution < -0.4 is 10.1 Å². The molecule has 1 aromatic rings. The van der Waals surface area contributed by atoms with Crippen LogP contribution in [0, 0.1) is 5.92 Å². The molecule has 1 atom stereocenters. The normalized spacial score (nSPS) is 17.5. The maximum Gasteiger partial charge on any atom is 0.260 e. The number of carbonyl (C=O) groups excluding carboxylic acids is 1. The Morgan fingerprint density at radius 2 is 2.05 bits per heavy atom. The molecule has 7 heteroatoms. The molecule has 0 radical (unpaired) electrons. The lowest BCUT2D eigenvalue weighted by atomic mass is 10.1. The van der Waals surface area contributed by atoms with Crippen LogP contribution in [-0.4, -0.2) is 44.1 Å². The van der Waals surface area contributed by atoms with Crippen molar-refractivity contribution in [1.29, 1.82) is 0 Å². The summed E-state index contributed by atoms with van der Waals surface area (Å²) in [5.74, 6) is 1.05. The summed E-state index contributed by atoms with van der Waals surface area (Å²) < 4.78 is 5.46. The van der Waals surface area contributed by atoms with Crippen LogP contribution in [0.4, 0.5) is 0 Å². The standard InChI is InChI=1S/C14H18Cl2N2O2.ClH/c1-17-7-10-2-3-18(8-10)14(19)9-20-13-5-11(15)4-12(16)6-13;/h4-6,10,17H,2-3,7-9H2,1H3;1H. The monoisotopic (exact) mass is 352 g/mol. The van der Waals surface area contributed by atoms with Crippen LogP contribution in [0.1, 0.15) is 6.42 Å². The number of hydrogen-bond acceptors (Lipinski definition) is 3. The highest BCUT2D eigenvalue weighted by Crippen LogP contribution is 2.24. The van der Waals surface area contributed by atoms with Crippen molar-refractivity contribution >= 4 is 41.5 Å². The fourth-order valence-corrected chi connectivity index (χ4v) is 2.87. The summed E-state index contributed by atoms with van der Waals surface area (Å²) >= 11 is 11.8. The Labute approximate surface area is 141 Å². The molecular weight excluding hydrogens is 335 g/mol. The fourth-order valence-electron chi connectivity index (χ4n) is 2.36. The molecular formula is C14H19Cl3N2O2. The van der Waals surface area contributed by atoms with Crippen molar-refractivity contribution in [2.75, 3.05) is 33.3 Å². The minimum atomic E-state index is -0.000277. The molecule has 0 saturated carbocycles. The minimum absolute atomic E-state index is 0. The van der Waals surface area contributed by atoms with E-state index in [0.29, 0.717) is 21.7 Å². The lowest BCUT2D eigenvalue weighted by Crippen LogP contribution is -2.34. The Morgan fingerprint density at radius 3 is 2.67 bits per heavy atom. The van der Waals surface area contributed by atoms with E-state index in [0.717, 1.165) is 26.1 Å². The summed E-state index contributed by atoms with van der Waals surface area (Å²) in [6.45, 7) is 2.54. The van der Waals surface area contributed by atoms with Crippen molar-refractivity contribution in [2.24, 2.45) is 5.92 Å². The van der Waals surface area contributed by atoms with Gasteiger partial charge in [0.1, 0.15) is 5.75 Å². The van der Waals surface area contributed by atoms with Crippen molar-refractivity contribution in [1.82, 2.24) is 10.2 Å². The van der Waals surface area contributed by atoms with Gasteiger partial charge in [0.25, 0.3) is 5.91 Å². The number of benzene rings is 1. The van der Waals surface area contributed by atoms with E-state index in [1.54, 1.807) is 18.2 Å². The molecule has 1 fully saturated rings. The molecule has 0 spiro atoms. The summed E-state index contributed by atoms with van der Waals surface area (Å²) in [5.41, 5.74) is 0. The molecule has 4 nitrogen and oxygen atoms in total. The van der Waals surface area contributed by atoms with E-state index in [4.69, 9.17) is 27.9 Å². The first-order valence-corrected chi connectivity index (χ1v) is 7.35. The fraction of sp³-hybridized carbons (Fsp3) is 0.500. The van der Waals surface area contributed by atoms with Crippen LogP contribution in [0.5, 0.6) is 5.75 Å². The zero-order valence-corrected chi connectivity index (χ0v) is 14.1. The zero-order valence-electron chi connectivity index (χ0n) is 11.8. The number of carbonyl (C=O) groups is 1. The van der Waals surface area contributed by atoms with Gasteiger partial charge in [-0.05, 0) is 44.1 Å². The molecule has 0 aromatic heterocycles. The predicted molar refractivity (Wildman–Crippen MR) is 87.8 cm³/mol. The molecule has 1 amide bonds. The van der Waals surface area contributed by atoms with Gasteiger partial charge in [0.05, 0.1) is 0 Å². The molecule has 1 unspecified atom stereocenters. The number of rotatable bonds is 5. The first-order valence-electron chi connectivity index (χ1n) is 6.59. The quantitative estimate of drug-likeness (QED) is 0.885. The molecule has 1 aromatic carbocycles. The SMILES string of the molecule is CNCC1CCN(C(=O)COc2cc(Cl)cc(Cl)c2)C1.Cl. The Morgan fingerprint density at radius 1 is 1.38 bits per heavy atom. The van der Waals surface area contributed by atoms with E-state index in [1.807, 2.05) is 11.9 Å². The Balaban J connectivity index is 0.00000220. The summed E-state index contributed by atoms with van der Waals surface area (Å²) in [6.07, 6.45) is 1.04. The van der Waals surface area contributed by atoms with E-state index in [-0.39, 0.29) is 24.9 Å². The topological polar surface area (TPSA) is 41.6 Å². The average molecular weight is 354 g/mol. The highest BCUT2D eigenvalue weighted by Gasteiger charge is 2.25. The summed E-state index contributed by atoms with van der Waals surface area (Å²) in [7, 11) is 1.93. The lowest BCUT2D eigenvalue weighted by molar-refractivity contribution is -0.132. The Bertz CT molecular complexity index is 465. The largest absolute Gasteiger partial charge is 0.484 e. The van der Waals surface area contributed by atoms with Crippen LogP contribution in [0.25, 0.3) is 0 Å². The van der Waals surface area contributed by atoms with Crippen molar-refractivity contribution < 1.29 is 9.53 Å². The Kier molecular flexibility index (Phi) is 7.60. The molecule has 2 rings (SSSR count). The molecule has 21 heavy (non-hydrogen) atoms. The summed E-state index contributed by atoms with van der Waals surface area (Å²) in [6, 6.07) is 4.92. The van der Waals surface area contributed by atoms with Gasteiger partial charge in [0, 0.05) is 23.1 Å². The number of ether oxygens (including phenoxy) is 1. The predicted octanol–water partition coefficient (Wildman–Crippen LogP) is 2.86. The van der Waals surface area contributed by atoms with Crippen LogP contribution in [0.15, 0.2) is 18.2 Å². The maximum atomic E-state index is 12.1. The first-order chi connectivity index (χ1) is 9.58. The minimum Gasteiger partial charge on any atom is -0.484 e. The average Bonchev–Trinajstić information content (AvgIpc) is 2.84. The maximum absolute atomic E-state index is 12.1. The zero-order chi connectivity index (χ0) is 14.5. The summed E-state index contributed by atoms with van der Waals surface area (Å²) in [5, 5.41) is 4.13. The first kappa shape index (κ1) is 18.4. The molecule has 0 bridgehead atoms. The summed E-state index contributed by atoms with van der Waals surface area (Å²) in [4.78, 5) is 13.9. The smallest absolute Gasteiger partial charge is 0.260 e. The highest BCUT2D eigenvalue weighted by molar-refractivity contribution is 6.34. The third-order valence-electron chi connectivity index (χ3n) is 3.33. The van der Waals surface area contributed by atoms with Crippen molar-refractivity contribution in [3.05, 3.63) is 28.2 Å². The van der Waals surface area contributed by atoms with E-state index < -0.39 is 0 Å². The van der Waals surface area contributed by atoms with Gasteiger partial charge >= 0.3 is 0 Å². The second kappa shape index (κ2) is 8.69. The number of amides is 1. The molecule has 118 valence electrons. The number of halogens is 3. The van der Waals surface area contributed by atoms with Crippen molar-refractivity contribution in [3.63, 3.8) is 0 Å². The van der Waals surface area contributed by atoms with Gasteiger partial charge in [-0.1, -0.05) is 23.2 Å². The number of likely N-dealkylation sites (tertiary alicyclic amines) is 1. The van der Waals surface area contributed by atoms with Gasteiger partial charge in [0.2, 0.25) is 0 Å². The molecule has 1 aliphatic rings. The third kappa shape index (κ3) is 5.55. The van der Waals surface area contributed by atoms with Crippen molar-refractivity contribution in [3.8, 4) is 5.75 Å². The van der Waals surface area contributed by atoms with Crippen molar-refractivity contribution in [2.45, 2.75) is 6.42 Å². The lowest BCUT2D eigenvalue weighted by Gasteiger charge is -2.17. The van der Waals surface area contributed by atoms with Gasteiger partial charge in [-0.15, -0.1) is 12.4 Å². The van der Waals surface area contributed by atoms with Gasteiger partial charge in [0.15, 0.2) is 6.61 Å². The van der Waals surface area contributed by atoms with Crippen LogP contribution in [0.2, 0.25) is 10.0 Å². The Hall–Kier alpha value is -0.680. The molecule has 1 aliphatic heterocycles. The van der Waals surface area contributed by atoms with E-state index in [9.17, 15) is 4.79 Å². The number of hydrogen-bond donors (Lipinski definition) is 1. The second-order valence-corrected chi connectivity index (χ2v) is 5.82. The molecule has 1 heterocycles. The molecule has 1 saturated heterocycles. The van der Waals surface area contributed by atoms with E-state index in [1.165, 1.54) is 0 Å². The number of nitrogens with one attached hydrogen (secondary N) is 1. The van der Waals surface area contributed by atoms with Gasteiger partial charge in [-0.2, -0.15) is 0 Å². The second-order valence-electron chi connectivity index (χ2n) is 4.95. The number of nitrogens with zero attached hydrogens (tertiary/aromatic N) is 1. The highest BCUT2D eigenvalue weighted by atomic mass is 35.5. The van der Waals surface area contributed by atoms with Gasteiger partial charge < -0.3 is 15.0 Å². The van der Waals surface area contributed by atoms with E-state index in [2.05, 4.69) is 5.32 Å².